The fourth-order valence-electron chi connectivity index (χ4n) is 3.81. The molecule has 3 nitrogen and oxygen atoms in total. The first kappa shape index (κ1) is 14.3. The number of piperazine rings is 1. The molecule has 2 rings (SSSR count). The number of rotatable bonds is 4. The molecule has 2 aliphatic rings. The minimum atomic E-state index is 0.558. The van der Waals surface area contributed by atoms with Gasteiger partial charge < -0.3 is 10.2 Å². The van der Waals surface area contributed by atoms with E-state index in [4.69, 9.17) is 0 Å². The van der Waals surface area contributed by atoms with E-state index in [9.17, 15) is 0 Å². The van der Waals surface area contributed by atoms with E-state index in [1.807, 2.05) is 0 Å². The molecule has 0 aromatic heterocycles. The third-order valence-electron chi connectivity index (χ3n) is 5.07. The van der Waals surface area contributed by atoms with Gasteiger partial charge in [-0.1, -0.05) is 19.3 Å². The monoisotopic (exact) mass is 253 g/mol. The fourth-order valence-corrected chi connectivity index (χ4v) is 3.81. The van der Waals surface area contributed by atoms with E-state index < -0.39 is 0 Å². The number of hydrogen-bond acceptors (Lipinski definition) is 3. The molecule has 0 bridgehead atoms. The Kier molecular flexibility index (Phi) is 5.05. The van der Waals surface area contributed by atoms with Gasteiger partial charge in [-0.2, -0.15) is 0 Å². The summed E-state index contributed by atoms with van der Waals surface area (Å²) in [6.45, 7) is 8.61. The Labute approximate surface area is 113 Å². The van der Waals surface area contributed by atoms with Crippen molar-refractivity contribution < 1.29 is 0 Å². The van der Waals surface area contributed by atoms with E-state index in [2.05, 4.69) is 36.1 Å². The van der Waals surface area contributed by atoms with Crippen molar-refractivity contribution in [1.82, 2.24) is 15.1 Å². The lowest BCUT2D eigenvalue weighted by molar-refractivity contribution is 0.0476. The Balaban J connectivity index is 1.92. The normalized spacial score (nSPS) is 30.5. The van der Waals surface area contributed by atoms with E-state index in [0.29, 0.717) is 11.5 Å². The maximum absolute atomic E-state index is 3.45. The quantitative estimate of drug-likeness (QED) is 0.824. The van der Waals surface area contributed by atoms with Crippen LogP contribution in [0.2, 0.25) is 0 Å². The van der Waals surface area contributed by atoms with E-state index >= 15 is 0 Å². The third kappa shape index (κ3) is 3.46. The minimum absolute atomic E-state index is 0.558. The highest BCUT2D eigenvalue weighted by Gasteiger charge is 2.34. The molecular weight excluding hydrogens is 222 g/mol. The molecule has 1 heterocycles. The Morgan fingerprint density at radius 3 is 2.50 bits per heavy atom. The Bertz CT molecular complexity index is 243. The van der Waals surface area contributed by atoms with Crippen LogP contribution in [0, 0.1) is 5.41 Å². The molecule has 1 saturated carbocycles. The molecule has 2 fully saturated rings. The Hall–Kier alpha value is -0.120. The van der Waals surface area contributed by atoms with E-state index in [1.54, 1.807) is 0 Å². The maximum atomic E-state index is 3.45. The molecule has 0 aromatic carbocycles. The molecule has 0 aromatic rings. The molecule has 1 saturated heterocycles. The highest BCUT2D eigenvalue weighted by molar-refractivity contribution is 4.89. The first-order valence-electron chi connectivity index (χ1n) is 7.72. The minimum Gasteiger partial charge on any atom is -0.319 e. The second kappa shape index (κ2) is 6.36. The van der Waals surface area contributed by atoms with Crippen LogP contribution >= 0.6 is 0 Å². The van der Waals surface area contributed by atoms with E-state index in [0.717, 1.165) is 0 Å². The van der Waals surface area contributed by atoms with Gasteiger partial charge in [-0.25, -0.2) is 0 Å². The molecule has 1 unspecified atom stereocenters. The molecule has 0 spiro atoms. The van der Waals surface area contributed by atoms with Crippen molar-refractivity contribution in [1.29, 1.82) is 0 Å². The lowest BCUT2D eigenvalue weighted by Crippen LogP contribution is -2.54. The second-order valence-electron chi connectivity index (χ2n) is 6.66. The molecule has 0 radical (unpaired) electrons. The van der Waals surface area contributed by atoms with Crippen LogP contribution in [0.25, 0.3) is 0 Å². The molecule has 1 N–H and O–H groups in total. The van der Waals surface area contributed by atoms with Crippen LogP contribution in [-0.2, 0) is 0 Å². The van der Waals surface area contributed by atoms with E-state index in [-0.39, 0.29) is 0 Å². The van der Waals surface area contributed by atoms with Gasteiger partial charge in [0.1, 0.15) is 0 Å². The van der Waals surface area contributed by atoms with Crippen molar-refractivity contribution in [3.8, 4) is 0 Å². The van der Waals surface area contributed by atoms with Gasteiger partial charge in [-0.15, -0.1) is 0 Å². The average molecular weight is 253 g/mol. The maximum Gasteiger partial charge on any atom is 0.0192 e. The van der Waals surface area contributed by atoms with Gasteiger partial charge in [-0.05, 0) is 39.3 Å². The summed E-state index contributed by atoms with van der Waals surface area (Å²) >= 11 is 0. The first-order chi connectivity index (χ1) is 8.65. The summed E-state index contributed by atoms with van der Waals surface area (Å²) in [6.07, 6.45) is 7.17. The SMILES string of the molecule is CNCC1(CN2CCN(C)C(C)C2)CCCCC1. The van der Waals surface area contributed by atoms with Crippen LogP contribution in [-0.4, -0.2) is 62.7 Å². The molecular formula is C15H31N3. The largest absolute Gasteiger partial charge is 0.319 e. The van der Waals surface area contributed by atoms with Gasteiger partial charge >= 0.3 is 0 Å². The summed E-state index contributed by atoms with van der Waals surface area (Å²) < 4.78 is 0. The van der Waals surface area contributed by atoms with Gasteiger partial charge in [0, 0.05) is 38.8 Å². The summed E-state index contributed by atoms with van der Waals surface area (Å²) in [5.74, 6) is 0. The van der Waals surface area contributed by atoms with Crippen molar-refractivity contribution in [2.24, 2.45) is 5.41 Å². The molecule has 0 amide bonds. The summed E-state index contributed by atoms with van der Waals surface area (Å²) in [6, 6.07) is 0.717. The summed E-state index contributed by atoms with van der Waals surface area (Å²) in [5.41, 5.74) is 0.558. The molecule has 1 aliphatic heterocycles. The van der Waals surface area contributed by atoms with Crippen LogP contribution in [0.15, 0.2) is 0 Å². The first-order valence-corrected chi connectivity index (χ1v) is 7.72. The molecule has 18 heavy (non-hydrogen) atoms. The van der Waals surface area contributed by atoms with Crippen LogP contribution in [0.4, 0.5) is 0 Å². The van der Waals surface area contributed by atoms with Crippen LogP contribution in [0.3, 0.4) is 0 Å². The van der Waals surface area contributed by atoms with Crippen molar-refractivity contribution >= 4 is 0 Å². The highest BCUT2D eigenvalue weighted by atomic mass is 15.3. The Morgan fingerprint density at radius 2 is 1.89 bits per heavy atom. The predicted octanol–water partition coefficient (Wildman–Crippen LogP) is 1.79. The number of likely N-dealkylation sites (N-methyl/N-ethyl adjacent to an activating group) is 1. The van der Waals surface area contributed by atoms with Crippen molar-refractivity contribution in [3.63, 3.8) is 0 Å². The molecule has 106 valence electrons. The molecule has 1 aliphatic carbocycles. The summed E-state index contributed by atoms with van der Waals surface area (Å²) in [4.78, 5) is 5.20. The Morgan fingerprint density at radius 1 is 1.17 bits per heavy atom. The summed E-state index contributed by atoms with van der Waals surface area (Å²) in [5, 5.41) is 3.45. The third-order valence-corrected chi connectivity index (χ3v) is 5.07. The zero-order valence-corrected chi connectivity index (χ0v) is 12.5. The number of nitrogens with zero attached hydrogens (tertiary/aromatic N) is 2. The van der Waals surface area contributed by atoms with Gasteiger partial charge in [-0.3, -0.25) is 4.90 Å². The van der Waals surface area contributed by atoms with Crippen molar-refractivity contribution in [2.75, 3.05) is 46.8 Å². The second-order valence-corrected chi connectivity index (χ2v) is 6.66. The van der Waals surface area contributed by atoms with Crippen molar-refractivity contribution in [3.05, 3.63) is 0 Å². The zero-order valence-electron chi connectivity index (χ0n) is 12.5. The standard InChI is InChI=1S/C15H31N3/c1-14-11-18(10-9-17(14)3)13-15(12-16-2)7-5-4-6-8-15/h14,16H,4-13H2,1-3H3. The van der Waals surface area contributed by atoms with Crippen molar-refractivity contribution in [2.45, 2.75) is 45.1 Å². The predicted molar refractivity (Wildman–Crippen MR) is 78.0 cm³/mol. The lowest BCUT2D eigenvalue weighted by Gasteiger charge is -2.45. The lowest BCUT2D eigenvalue weighted by atomic mass is 9.73. The average Bonchev–Trinajstić information content (AvgIpc) is 2.35. The van der Waals surface area contributed by atoms with Gasteiger partial charge in [0.05, 0.1) is 0 Å². The summed E-state index contributed by atoms with van der Waals surface area (Å²) in [7, 11) is 4.37. The van der Waals surface area contributed by atoms with Crippen LogP contribution in [0.5, 0.6) is 0 Å². The van der Waals surface area contributed by atoms with Gasteiger partial charge in [0.25, 0.3) is 0 Å². The van der Waals surface area contributed by atoms with Crippen LogP contribution < -0.4 is 5.32 Å². The smallest absolute Gasteiger partial charge is 0.0192 e. The topological polar surface area (TPSA) is 18.5 Å². The highest BCUT2D eigenvalue weighted by Crippen LogP contribution is 2.36. The number of nitrogens with one attached hydrogen (secondary N) is 1. The molecule has 1 atom stereocenters. The van der Waals surface area contributed by atoms with E-state index in [1.165, 1.54) is 64.8 Å². The van der Waals surface area contributed by atoms with Gasteiger partial charge in [0.15, 0.2) is 0 Å². The number of hydrogen-bond donors (Lipinski definition) is 1. The molecule has 3 heteroatoms. The van der Waals surface area contributed by atoms with Gasteiger partial charge in [0.2, 0.25) is 0 Å². The van der Waals surface area contributed by atoms with Crippen LogP contribution in [0.1, 0.15) is 39.0 Å². The zero-order chi connectivity index (χ0) is 13.0. The fraction of sp³-hybridized carbons (Fsp3) is 1.00.